The van der Waals surface area contributed by atoms with Gasteiger partial charge in [-0.2, -0.15) is 0 Å². The van der Waals surface area contributed by atoms with Gasteiger partial charge in [0.1, 0.15) is 5.75 Å². The summed E-state index contributed by atoms with van der Waals surface area (Å²) in [6.45, 7) is 7.44. The molecule has 0 spiro atoms. The average Bonchev–Trinajstić information content (AvgIpc) is 2.96. The van der Waals surface area contributed by atoms with Crippen LogP contribution < -0.4 is 4.74 Å². The van der Waals surface area contributed by atoms with E-state index in [1.54, 1.807) is 7.11 Å². The van der Waals surface area contributed by atoms with Gasteiger partial charge in [-0.3, -0.25) is 9.69 Å². The summed E-state index contributed by atoms with van der Waals surface area (Å²) in [5, 5.41) is 0. The van der Waals surface area contributed by atoms with Gasteiger partial charge in [-0.15, -0.1) is 0 Å². The predicted molar refractivity (Wildman–Crippen MR) is 102 cm³/mol. The lowest BCUT2D eigenvalue weighted by Crippen LogP contribution is -2.21. The minimum Gasteiger partial charge on any atom is -0.497 e. The van der Waals surface area contributed by atoms with E-state index in [2.05, 4.69) is 43.0 Å². The number of benzene rings is 2. The first-order chi connectivity index (χ1) is 12.1. The molecule has 3 heteroatoms. The topological polar surface area (TPSA) is 29.5 Å². The maximum Gasteiger partial charge on any atom is 0.189 e. The van der Waals surface area contributed by atoms with Crippen LogP contribution in [0.5, 0.6) is 5.75 Å². The molecule has 2 aromatic carbocycles. The Morgan fingerprint density at radius 2 is 1.80 bits per heavy atom. The summed E-state index contributed by atoms with van der Waals surface area (Å²) < 4.78 is 5.23. The number of hydrogen-bond acceptors (Lipinski definition) is 3. The molecule has 0 amide bonds. The number of carbonyl (C=O) groups excluding carboxylic acids is 1. The van der Waals surface area contributed by atoms with E-state index in [9.17, 15) is 4.79 Å². The van der Waals surface area contributed by atoms with E-state index >= 15 is 0 Å². The highest BCUT2D eigenvalue weighted by Crippen LogP contribution is 2.30. The molecule has 130 valence electrons. The summed E-state index contributed by atoms with van der Waals surface area (Å²) in [5.74, 6) is 0.843. The van der Waals surface area contributed by atoms with Gasteiger partial charge in [0.05, 0.1) is 7.11 Å². The number of nitrogens with zero attached hydrogens (tertiary/aromatic N) is 1. The van der Waals surface area contributed by atoms with Crippen molar-refractivity contribution >= 4 is 11.9 Å². The number of Topliss-reactive ketones (excluding diaryl/α,β-unsaturated/α-hetero) is 1. The molecular weight excluding hydrogens is 310 g/mol. The molecular formula is C22H25NO2. The Morgan fingerprint density at radius 3 is 2.44 bits per heavy atom. The molecule has 0 saturated carbocycles. The maximum atomic E-state index is 12.6. The molecule has 1 aliphatic carbocycles. The number of hydrogen-bond donors (Lipinski definition) is 0. The first-order valence-corrected chi connectivity index (χ1v) is 8.88. The zero-order valence-corrected chi connectivity index (χ0v) is 15.2. The molecule has 2 aromatic rings. The lowest BCUT2D eigenvalue weighted by Gasteiger charge is -2.17. The van der Waals surface area contributed by atoms with Crippen molar-refractivity contribution in [1.29, 1.82) is 0 Å². The highest BCUT2D eigenvalue weighted by atomic mass is 16.5. The number of fused-ring (bicyclic) bond motifs is 1. The van der Waals surface area contributed by atoms with Crippen LogP contribution in [-0.2, 0) is 13.0 Å². The Kier molecular flexibility index (Phi) is 5.34. The molecule has 1 aliphatic rings. The van der Waals surface area contributed by atoms with Crippen LogP contribution in [0.4, 0.5) is 0 Å². The largest absolute Gasteiger partial charge is 0.497 e. The molecule has 0 saturated heterocycles. The van der Waals surface area contributed by atoms with Crippen LogP contribution in [0.2, 0.25) is 0 Å². The third-order valence-corrected chi connectivity index (χ3v) is 4.86. The van der Waals surface area contributed by atoms with E-state index < -0.39 is 0 Å². The third kappa shape index (κ3) is 3.83. The molecule has 0 aliphatic heterocycles. The summed E-state index contributed by atoms with van der Waals surface area (Å²) in [7, 11) is 1.62. The van der Waals surface area contributed by atoms with Gasteiger partial charge < -0.3 is 4.74 Å². The summed E-state index contributed by atoms with van der Waals surface area (Å²) in [6.07, 6.45) is 2.70. The molecule has 3 rings (SSSR count). The second-order valence-corrected chi connectivity index (χ2v) is 6.40. The fourth-order valence-electron chi connectivity index (χ4n) is 3.25. The van der Waals surface area contributed by atoms with E-state index in [1.165, 1.54) is 5.56 Å². The van der Waals surface area contributed by atoms with E-state index in [1.807, 2.05) is 24.3 Å². The van der Waals surface area contributed by atoms with E-state index in [0.717, 1.165) is 47.6 Å². The smallest absolute Gasteiger partial charge is 0.189 e. The molecule has 0 fully saturated rings. The van der Waals surface area contributed by atoms with E-state index in [-0.39, 0.29) is 5.78 Å². The number of carbonyl (C=O) groups is 1. The minimum atomic E-state index is 0.112. The van der Waals surface area contributed by atoms with Crippen molar-refractivity contribution in [2.24, 2.45) is 0 Å². The van der Waals surface area contributed by atoms with Crippen molar-refractivity contribution in [1.82, 2.24) is 4.90 Å². The minimum absolute atomic E-state index is 0.112. The lowest BCUT2D eigenvalue weighted by atomic mass is 10.1. The maximum absolute atomic E-state index is 12.6. The second-order valence-electron chi connectivity index (χ2n) is 6.40. The number of rotatable bonds is 6. The van der Waals surface area contributed by atoms with E-state index in [4.69, 9.17) is 4.74 Å². The molecule has 0 unspecified atom stereocenters. The fourth-order valence-corrected chi connectivity index (χ4v) is 3.25. The predicted octanol–water partition coefficient (Wildman–Crippen LogP) is 4.36. The number of methoxy groups -OCH3 is 1. The molecule has 25 heavy (non-hydrogen) atoms. The Bertz CT molecular complexity index is 786. The van der Waals surface area contributed by atoms with Crippen LogP contribution in [0.1, 0.15) is 40.9 Å². The molecule has 3 nitrogen and oxygen atoms in total. The third-order valence-electron chi connectivity index (χ3n) is 4.86. The quantitative estimate of drug-likeness (QED) is 0.735. The highest BCUT2D eigenvalue weighted by molar-refractivity contribution is 6.15. The molecule has 0 bridgehead atoms. The van der Waals surface area contributed by atoms with Gasteiger partial charge in [-0.1, -0.05) is 44.2 Å². The Balaban J connectivity index is 1.76. The van der Waals surface area contributed by atoms with Crippen LogP contribution >= 0.6 is 0 Å². The average molecular weight is 335 g/mol. The van der Waals surface area contributed by atoms with Gasteiger partial charge in [0, 0.05) is 24.1 Å². The molecule has 0 heterocycles. The van der Waals surface area contributed by atoms with Crippen LogP contribution in [0, 0.1) is 0 Å². The van der Waals surface area contributed by atoms with Gasteiger partial charge in [0.2, 0.25) is 0 Å². The van der Waals surface area contributed by atoms with Crippen LogP contribution in [0.25, 0.3) is 6.08 Å². The fraction of sp³-hybridized carbons (Fsp3) is 0.318. The highest BCUT2D eigenvalue weighted by Gasteiger charge is 2.25. The van der Waals surface area contributed by atoms with Gasteiger partial charge in [0.25, 0.3) is 0 Å². The number of ketones is 1. The molecule has 0 N–H and O–H groups in total. The summed E-state index contributed by atoms with van der Waals surface area (Å²) in [5.41, 5.74) is 5.07. The van der Waals surface area contributed by atoms with Gasteiger partial charge in [-0.05, 0) is 48.0 Å². The summed E-state index contributed by atoms with van der Waals surface area (Å²) in [6, 6.07) is 14.2. The van der Waals surface area contributed by atoms with E-state index in [0.29, 0.717) is 6.42 Å². The second kappa shape index (κ2) is 7.66. The first-order valence-electron chi connectivity index (χ1n) is 8.88. The SMILES string of the molecule is CCN(CC)Cc1ccc(C=C2Cc3ccc(OC)cc3C2=O)cc1. The van der Waals surface area contributed by atoms with Crippen molar-refractivity contribution in [3.05, 3.63) is 70.3 Å². The standard InChI is InChI=1S/C22H25NO2/c1-4-23(5-2)15-17-8-6-16(7-9-17)12-19-13-18-10-11-20(25-3)14-21(18)22(19)24/h6-12,14H,4-5,13,15H2,1-3H3. The molecule has 0 aromatic heterocycles. The van der Waals surface area contributed by atoms with Gasteiger partial charge >= 0.3 is 0 Å². The Morgan fingerprint density at radius 1 is 1.08 bits per heavy atom. The number of ether oxygens (including phenoxy) is 1. The van der Waals surface area contributed by atoms with Crippen LogP contribution in [-0.4, -0.2) is 30.9 Å². The van der Waals surface area contributed by atoms with Crippen molar-refractivity contribution < 1.29 is 9.53 Å². The van der Waals surface area contributed by atoms with Gasteiger partial charge in [0.15, 0.2) is 5.78 Å². The number of allylic oxidation sites excluding steroid dienone is 1. The first kappa shape index (κ1) is 17.4. The summed E-state index contributed by atoms with van der Waals surface area (Å²) >= 11 is 0. The van der Waals surface area contributed by atoms with Crippen LogP contribution in [0.3, 0.4) is 0 Å². The molecule has 0 radical (unpaired) electrons. The van der Waals surface area contributed by atoms with Gasteiger partial charge in [-0.25, -0.2) is 0 Å². The van der Waals surface area contributed by atoms with Crippen molar-refractivity contribution in [3.8, 4) is 5.75 Å². The normalized spacial score (nSPS) is 15.0. The van der Waals surface area contributed by atoms with Crippen molar-refractivity contribution in [2.45, 2.75) is 26.8 Å². The summed E-state index contributed by atoms with van der Waals surface area (Å²) in [4.78, 5) is 15.0. The monoisotopic (exact) mass is 335 g/mol. The van der Waals surface area contributed by atoms with Crippen LogP contribution in [0.15, 0.2) is 48.0 Å². The zero-order chi connectivity index (χ0) is 17.8. The van der Waals surface area contributed by atoms with Crippen molar-refractivity contribution in [3.63, 3.8) is 0 Å². The zero-order valence-electron chi connectivity index (χ0n) is 15.2. The lowest BCUT2D eigenvalue weighted by molar-refractivity contribution is 0.104. The molecule has 0 atom stereocenters. The Labute approximate surface area is 149 Å². The van der Waals surface area contributed by atoms with Crippen molar-refractivity contribution in [2.75, 3.05) is 20.2 Å². The Hall–Kier alpha value is -2.39.